The van der Waals surface area contributed by atoms with E-state index >= 15 is 0 Å². The fourth-order valence-electron chi connectivity index (χ4n) is 1.85. The summed E-state index contributed by atoms with van der Waals surface area (Å²) in [5.74, 6) is -0.835. The number of amides is 2. The normalized spacial score (nSPS) is 16.0. The van der Waals surface area contributed by atoms with E-state index < -0.39 is 5.97 Å². The summed E-state index contributed by atoms with van der Waals surface area (Å²) in [7, 11) is 0. The molecule has 0 atom stereocenters. The molecule has 1 N–H and O–H groups in total. The SMILES string of the molecule is CCOC(=O)C=C1SCC(=O)N1CC(=O)Nc1ccccc1. The summed E-state index contributed by atoms with van der Waals surface area (Å²) in [5, 5.41) is 3.14. The zero-order chi connectivity index (χ0) is 15.9. The average molecular weight is 320 g/mol. The molecule has 1 aliphatic rings. The number of esters is 1. The minimum absolute atomic E-state index is 0.133. The van der Waals surface area contributed by atoms with E-state index in [1.807, 2.05) is 6.07 Å². The van der Waals surface area contributed by atoms with Gasteiger partial charge < -0.3 is 10.1 Å². The van der Waals surface area contributed by atoms with Crippen molar-refractivity contribution in [2.75, 3.05) is 24.2 Å². The van der Waals surface area contributed by atoms with Crippen molar-refractivity contribution >= 4 is 35.2 Å². The maximum absolute atomic E-state index is 12.0. The molecule has 1 heterocycles. The molecule has 1 fully saturated rings. The van der Waals surface area contributed by atoms with Gasteiger partial charge in [0.2, 0.25) is 11.8 Å². The van der Waals surface area contributed by atoms with Crippen LogP contribution in [-0.2, 0) is 19.1 Å². The van der Waals surface area contributed by atoms with Crippen LogP contribution in [0, 0.1) is 0 Å². The van der Waals surface area contributed by atoms with Crippen LogP contribution in [0.4, 0.5) is 5.69 Å². The fourth-order valence-corrected chi connectivity index (χ4v) is 2.78. The van der Waals surface area contributed by atoms with Crippen LogP contribution in [0.25, 0.3) is 0 Å². The van der Waals surface area contributed by atoms with Crippen molar-refractivity contribution in [3.63, 3.8) is 0 Å². The van der Waals surface area contributed by atoms with E-state index in [0.29, 0.717) is 10.7 Å². The summed E-state index contributed by atoms with van der Waals surface area (Å²) < 4.78 is 4.82. The minimum atomic E-state index is -0.520. The molecular formula is C15H16N2O4S. The molecule has 22 heavy (non-hydrogen) atoms. The van der Waals surface area contributed by atoms with E-state index in [2.05, 4.69) is 5.32 Å². The standard InChI is InChI=1S/C15H16N2O4S/c1-2-21-15(20)8-14-17(13(19)10-22-14)9-12(18)16-11-6-4-3-5-7-11/h3-8H,2,9-10H2,1H3,(H,16,18). The molecule has 0 aliphatic carbocycles. The molecule has 1 aromatic carbocycles. The maximum Gasteiger partial charge on any atom is 0.333 e. The molecular weight excluding hydrogens is 304 g/mol. The highest BCUT2D eigenvalue weighted by molar-refractivity contribution is 8.04. The number of nitrogens with one attached hydrogen (secondary N) is 1. The van der Waals surface area contributed by atoms with Gasteiger partial charge in [-0.15, -0.1) is 0 Å². The van der Waals surface area contributed by atoms with E-state index in [9.17, 15) is 14.4 Å². The smallest absolute Gasteiger partial charge is 0.333 e. The molecule has 116 valence electrons. The Morgan fingerprint density at radius 2 is 2.09 bits per heavy atom. The van der Waals surface area contributed by atoms with Gasteiger partial charge in [0.15, 0.2) is 0 Å². The molecule has 0 unspecified atom stereocenters. The van der Waals surface area contributed by atoms with E-state index in [0.717, 1.165) is 0 Å². The average Bonchev–Trinajstić information content (AvgIpc) is 2.81. The summed E-state index contributed by atoms with van der Waals surface area (Å²) in [5.41, 5.74) is 0.655. The van der Waals surface area contributed by atoms with Crippen LogP contribution in [0.1, 0.15) is 6.92 Å². The van der Waals surface area contributed by atoms with Crippen molar-refractivity contribution in [2.45, 2.75) is 6.92 Å². The molecule has 0 saturated carbocycles. The number of thioether (sulfide) groups is 1. The Kier molecular flexibility index (Phi) is 5.60. The number of hydrogen-bond donors (Lipinski definition) is 1. The van der Waals surface area contributed by atoms with Gasteiger partial charge in [-0.3, -0.25) is 14.5 Å². The monoisotopic (exact) mass is 320 g/mol. The first-order valence-electron chi connectivity index (χ1n) is 6.76. The first-order chi connectivity index (χ1) is 10.6. The summed E-state index contributed by atoms with van der Waals surface area (Å²) in [6.45, 7) is 1.83. The number of rotatable bonds is 5. The van der Waals surface area contributed by atoms with Crippen molar-refractivity contribution in [3.8, 4) is 0 Å². The zero-order valence-electron chi connectivity index (χ0n) is 12.1. The lowest BCUT2D eigenvalue weighted by Crippen LogP contribution is -2.34. The molecule has 7 heteroatoms. The van der Waals surface area contributed by atoms with Gasteiger partial charge in [-0.25, -0.2) is 4.79 Å². The second-order valence-corrected chi connectivity index (χ2v) is 5.41. The van der Waals surface area contributed by atoms with Gasteiger partial charge in [0.25, 0.3) is 0 Å². The molecule has 2 amide bonds. The Labute approximate surface area is 132 Å². The molecule has 0 spiro atoms. The van der Waals surface area contributed by atoms with Crippen LogP contribution >= 0.6 is 11.8 Å². The molecule has 1 saturated heterocycles. The number of para-hydroxylation sites is 1. The molecule has 2 rings (SSSR count). The lowest BCUT2D eigenvalue weighted by molar-refractivity contribution is -0.137. The van der Waals surface area contributed by atoms with E-state index in [4.69, 9.17) is 4.74 Å². The van der Waals surface area contributed by atoms with Crippen LogP contribution in [0.5, 0.6) is 0 Å². The Morgan fingerprint density at radius 1 is 1.36 bits per heavy atom. The molecule has 0 aromatic heterocycles. The number of benzene rings is 1. The van der Waals surface area contributed by atoms with Gasteiger partial charge >= 0.3 is 5.97 Å². The third-order valence-electron chi connectivity index (χ3n) is 2.80. The van der Waals surface area contributed by atoms with Gasteiger partial charge in [-0.1, -0.05) is 30.0 Å². The Hall–Kier alpha value is -2.28. The van der Waals surface area contributed by atoms with Crippen molar-refractivity contribution in [1.29, 1.82) is 0 Å². The third-order valence-corrected chi connectivity index (χ3v) is 3.82. The predicted octanol–water partition coefficient (Wildman–Crippen LogP) is 1.60. The minimum Gasteiger partial charge on any atom is -0.463 e. The Morgan fingerprint density at radius 3 is 2.77 bits per heavy atom. The first kappa shape index (κ1) is 16.1. The summed E-state index contributed by atoms with van der Waals surface area (Å²) in [4.78, 5) is 36.6. The van der Waals surface area contributed by atoms with Crippen molar-refractivity contribution in [3.05, 3.63) is 41.4 Å². The van der Waals surface area contributed by atoms with Gasteiger partial charge in [0, 0.05) is 5.69 Å². The molecule has 1 aromatic rings. The maximum atomic E-state index is 12.0. The van der Waals surface area contributed by atoms with Crippen LogP contribution in [0.15, 0.2) is 41.4 Å². The quantitative estimate of drug-likeness (QED) is 0.659. The van der Waals surface area contributed by atoms with Gasteiger partial charge in [-0.2, -0.15) is 0 Å². The van der Waals surface area contributed by atoms with E-state index in [-0.39, 0.29) is 30.7 Å². The van der Waals surface area contributed by atoms with Gasteiger partial charge in [0.05, 0.1) is 23.5 Å². The predicted molar refractivity (Wildman–Crippen MR) is 84.0 cm³/mol. The Balaban J connectivity index is 2.01. The number of anilines is 1. The molecule has 0 bridgehead atoms. The van der Waals surface area contributed by atoms with Crippen molar-refractivity contribution in [2.24, 2.45) is 0 Å². The van der Waals surface area contributed by atoms with Crippen molar-refractivity contribution < 1.29 is 19.1 Å². The van der Waals surface area contributed by atoms with Crippen LogP contribution in [0.3, 0.4) is 0 Å². The second-order valence-electron chi connectivity index (χ2n) is 4.42. The summed E-state index contributed by atoms with van der Waals surface area (Å²) >= 11 is 1.22. The number of carbonyl (C=O) groups is 3. The zero-order valence-corrected chi connectivity index (χ0v) is 12.9. The highest BCUT2D eigenvalue weighted by atomic mass is 32.2. The molecule has 6 nitrogen and oxygen atoms in total. The lowest BCUT2D eigenvalue weighted by atomic mass is 10.3. The largest absolute Gasteiger partial charge is 0.463 e. The molecule has 1 aliphatic heterocycles. The van der Waals surface area contributed by atoms with Gasteiger partial charge in [0.1, 0.15) is 6.54 Å². The number of hydrogen-bond acceptors (Lipinski definition) is 5. The number of carbonyl (C=O) groups excluding carboxylic acids is 3. The number of ether oxygens (including phenoxy) is 1. The fraction of sp³-hybridized carbons (Fsp3) is 0.267. The first-order valence-corrected chi connectivity index (χ1v) is 7.75. The summed E-state index contributed by atoms with van der Waals surface area (Å²) in [6, 6.07) is 8.97. The lowest BCUT2D eigenvalue weighted by Gasteiger charge is -2.16. The second kappa shape index (κ2) is 7.65. The highest BCUT2D eigenvalue weighted by Gasteiger charge is 2.29. The van der Waals surface area contributed by atoms with E-state index in [1.165, 1.54) is 22.7 Å². The Bertz CT molecular complexity index is 601. The van der Waals surface area contributed by atoms with Crippen molar-refractivity contribution in [1.82, 2.24) is 4.90 Å². The van der Waals surface area contributed by atoms with Crippen LogP contribution < -0.4 is 5.32 Å². The number of nitrogens with zero attached hydrogens (tertiary/aromatic N) is 1. The van der Waals surface area contributed by atoms with Gasteiger partial charge in [-0.05, 0) is 19.1 Å². The van der Waals surface area contributed by atoms with Crippen LogP contribution in [-0.4, -0.2) is 41.6 Å². The van der Waals surface area contributed by atoms with Crippen LogP contribution in [0.2, 0.25) is 0 Å². The third kappa shape index (κ3) is 4.36. The van der Waals surface area contributed by atoms with E-state index in [1.54, 1.807) is 31.2 Å². The highest BCUT2D eigenvalue weighted by Crippen LogP contribution is 2.28. The molecule has 0 radical (unpaired) electrons. The topological polar surface area (TPSA) is 75.7 Å². The summed E-state index contributed by atoms with van der Waals surface area (Å²) in [6.07, 6.45) is 1.24.